The van der Waals surface area contributed by atoms with Crippen LogP contribution in [-0.4, -0.2) is 38.5 Å². The number of carbonyl (C=O) groups is 1. The molecule has 2 aromatic carbocycles. The van der Waals surface area contributed by atoms with Crippen LogP contribution in [0.15, 0.2) is 79.3 Å². The van der Waals surface area contributed by atoms with Crippen molar-refractivity contribution >= 4 is 29.0 Å². The van der Waals surface area contributed by atoms with Crippen molar-refractivity contribution in [3.63, 3.8) is 0 Å². The molecule has 1 amide bonds. The molecular formula is C28H27FN6O2. The number of anilines is 4. The number of aryl methyl sites for hydroxylation is 1. The van der Waals surface area contributed by atoms with E-state index in [9.17, 15) is 9.18 Å². The van der Waals surface area contributed by atoms with Gasteiger partial charge in [-0.15, -0.1) is 0 Å². The van der Waals surface area contributed by atoms with E-state index < -0.39 is 0 Å². The summed E-state index contributed by atoms with van der Waals surface area (Å²) in [7, 11) is 0. The second-order valence-electron chi connectivity index (χ2n) is 8.81. The second-order valence-corrected chi connectivity index (χ2v) is 8.81. The third-order valence-corrected chi connectivity index (χ3v) is 6.09. The summed E-state index contributed by atoms with van der Waals surface area (Å²) in [6.45, 7) is 2.35. The number of amides is 1. The Bertz CT molecular complexity index is 1370. The largest absolute Gasteiger partial charge is 0.469 e. The van der Waals surface area contributed by atoms with Crippen molar-refractivity contribution in [3.8, 4) is 5.75 Å². The fourth-order valence-electron chi connectivity index (χ4n) is 4.18. The Balaban J connectivity index is 1.24. The average molecular weight is 499 g/mol. The summed E-state index contributed by atoms with van der Waals surface area (Å²) in [5.41, 5.74) is 2.60. The maximum absolute atomic E-state index is 13.5. The third-order valence-electron chi connectivity index (χ3n) is 6.09. The highest BCUT2D eigenvalue weighted by molar-refractivity contribution is 5.94. The van der Waals surface area contributed by atoms with Gasteiger partial charge in [-0.05, 0) is 86.0 Å². The van der Waals surface area contributed by atoms with E-state index in [4.69, 9.17) is 4.74 Å². The number of hydrogen-bond acceptors (Lipinski definition) is 7. The van der Waals surface area contributed by atoms with Crippen LogP contribution in [-0.2, 0) is 0 Å². The number of benzene rings is 2. The molecule has 0 aliphatic carbocycles. The van der Waals surface area contributed by atoms with E-state index in [0.717, 1.165) is 30.6 Å². The molecule has 1 aliphatic rings. The third kappa shape index (κ3) is 6.00. The van der Waals surface area contributed by atoms with E-state index in [1.807, 2.05) is 24.3 Å². The van der Waals surface area contributed by atoms with Crippen molar-refractivity contribution in [2.24, 2.45) is 0 Å². The molecule has 0 spiro atoms. The number of aromatic nitrogens is 3. The SMILES string of the molecule is Cc1cc(Nc2ccnc(Nc3ccc(C(=O)N4CCCCC4Oc4cccnc4)cc3)n2)ccc1F. The molecule has 5 rings (SSSR count). The van der Waals surface area contributed by atoms with Crippen molar-refractivity contribution in [2.45, 2.75) is 32.4 Å². The standard InChI is InChI=1S/C28H27FN6O2/c1-19-17-22(11-12-24(19)29)32-25-13-15-31-28(34-25)33-21-9-7-20(8-10-21)27(36)35-16-3-2-6-26(35)37-23-5-4-14-30-18-23/h4-5,7-15,17-18,26H,2-3,6,16H2,1H3,(H2,31,32,33,34). The van der Waals surface area contributed by atoms with Crippen molar-refractivity contribution in [1.29, 1.82) is 0 Å². The van der Waals surface area contributed by atoms with Crippen LogP contribution in [0.25, 0.3) is 0 Å². The van der Waals surface area contributed by atoms with Gasteiger partial charge in [0, 0.05) is 42.3 Å². The monoisotopic (exact) mass is 498 g/mol. The molecule has 1 fully saturated rings. The highest BCUT2D eigenvalue weighted by atomic mass is 19.1. The number of piperidine rings is 1. The fourth-order valence-corrected chi connectivity index (χ4v) is 4.18. The van der Waals surface area contributed by atoms with Crippen molar-refractivity contribution in [2.75, 3.05) is 17.2 Å². The normalized spacial score (nSPS) is 15.2. The molecule has 9 heteroatoms. The molecule has 2 N–H and O–H groups in total. The van der Waals surface area contributed by atoms with Crippen LogP contribution in [0.4, 0.5) is 27.5 Å². The fraction of sp³-hybridized carbons (Fsp3) is 0.214. The van der Waals surface area contributed by atoms with Crippen LogP contribution >= 0.6 is 0 Å². The molecule has 0 saturated carbocycles. The average Bonchev–Trinajstić information content (AvgIpc) is 2.92. The van der Waals surface area contributed by atoms with Gasteiger partial charge in [-0.1, -0.05) is 0 Å². The zero-order valence-corrected chi connectivity index (χ0v) is 20.4. The summed E-state index contributed by atoms with van der Waals surface area (Å²) >= 11 is 0. The van der Waals surface area contributed by atoms with Gasteiger partial charge in [-0.25, -0.2) is 9.37 Å². The highest BCUT2D eigenvalue weighted by Crippen LogP contribution is 2.24. The Hall–Kier alpha value is -4.53. The molecule has 0 bridgehead atoms. The quantitative estimate of drug-likeness (QED) is 0.331. The lowest BCUT2D eigenvalue weighted by molar-refractivity contribution is 0.00242. The van der Waals surface area contributed by atoms with Gasteiger partial charge in [0.15, 0.2) is 6.23 Å². The number of likely N-dealkylation sites (tertiary alicyclic amines) is 1. The molecule has 4 aromatic rings. The summed E-state index contributed by atoms with van der Waals surface area (Å²) in [6, 6.07) is 17.4. The first-order valence-electron chi connectivity index (χ1n) is 12.2. The van der Waals surface area contributed by atoms with E-state index in [2.05, 4.69) is 25.6 Å². The Kier molecular flexibility index (Phi) is 7.21. The van der Waals surface area contributed by atoms with Crippen LogP contribution in [0.2, 0.25) is 0 Å². The smallest absolute Gasteiger partial charge is 0.256 e. The first kappa shape index (κ1) is 24.2. The first-order valence-corrected chi connectivity index (χ1v) is 12.2. The summed E-state index contributed by atoms with van der Waals surface area (Å²) in [5, 5.41) is 6.32. The second kappa shape index (κ2) is 11.0. The van der Waals surface area contributed by atoms with Crippen molar-refractivity contribution in [3.05, 3.63) is 96.2 Å². The Labute approximate surface area is 214 Å². The van der Waals surface area contributed by atoms with Gasteiger partial charge in [0.25, 0.3) is 5.91 Å². The van der Waals surface area contributed by atoms with E-state index in [0.29, 0.717) is 35.2 Å². The van der Waals surface area contributed by atoms with Crippen LogP contribution in [0.5, 0.6) is 5.75 Å². The number of nitrogens with one attached hydrogen (secondary N) is 2. The van der Waals surface area contributed by atoms with Crippen LogP contribution in [0.3, 0.4) is 0 Å². The predicted octanol–water partition coefficient (Wildman–Crippen LogP) is 5.84. The van der Waals surface area contributed by atoms with Crippen molar-refractivity contribution in [1.82, 2.24) is 19.9 Å². The van der Waals surface area contributed by atoms with E-state index in [-0.39, 0.29) is 18.0 Å². The van der Waals surface area contributed by atoms with Gasteiger partial charge < -0.3 is 20.3 Å². The lowest BCUT2D eigenvalue weighted by Crippen LogP contribution is -2.46. The van der Waals surface area contributed by atoms with Gasteiger partial charge >= 0.3 is 0 Å². The summed E-state index contributed by atoms with van der Waals surface area (Å²) in [4.78, 5) is 27.9. The Morgan fingerprint density at radius 2 is 1.86 bits per heavy atom. The van der Waals surface area contributed by atoms with Crippen LogP contribution in [0.1, 0.15) is 35.2 Å². The first-order chi connectivity index (χ1) is 18.0. The van der Waals surface area contributed by atoms with E-state index in [1.165, 1.54) is 6.07 Å². The zero-order chi connectivity index (χ0) is 25.6. The molecule has 188 valence electrons. The lowest BCUT2D eigenvalue weighted by Gasteiger charge is -2.35. The van der Waals surface area contributed by atoms with Crippen molar-refractivity contribution < 1.29 is 13.9 Å². The molecule has 1 unspecified atom stereocenters. The predicted molar refractivity (Wildman–Crippen MR) is 140 cm³/mol. The molecule has 2 aromatic heterocycles. The van der Waals surface area contributed by atoms with E-state index in [1.54, 1.807) is 60.7 Å². The molecule has 1 atom stereocenters. The maximum Gasteiger partial charge on any atom is 0.256 e. The highest BCUT2D eigenvalue weighted by Gasteiger charge is 2.29. The lowest BCUT2D eigenvalue weighted by atomic mass is 10.1. The molecule has 1 saturated heterocycles. The van der Waals surface area contributed by atoms with Gasteiger partial charge in [0.05, 0.1) is 6.20 Å². The molecule has 37 heavy (non-hydrogen) atoms. The minimum Gasteiger partial charge on any atom is -0.469 e. The minimum absolute atomic E-state index is 0.0721. The number of pyridine rings is 1. The topological polar surface area (TPSA) is 92.3 Å². The van der Waals surface area contributed by atoms with Crippen LogP contribution in [0, 0.1) is 12.7 Å². The van der Waals surface area contributed by atoms with Gasteiger partial charge in [-0.2, -0.15) is 4.98 Å². The summed E-state index contributed by atoms with van der Waals surface area (Å²) < 4.78 is 19.6. The molecule has 1 aliphatic heterocycles. The van der Waals surface area contributed by atoms with Gasteiger partial charge in [-0.3, -0.25) is 9.78 Å². The van der Waals surface area contributed by atoms with Gasteiger partial charge in [0.1, 0.15) is 17.4 Å². The Morgan fingerprint density at radius 1 is 1.03 bits per heavy atom. The molecule has 8 nitrogen and oxygen atoms in total. The summed E-state index contributed by atoms with van der Waals surface area (Å²) in [6.07, 6.45) is 7.38. The number of halogens is 1. The number of nitrogens with zero attached hydrogens (tertiary/aromatic N) is 4. The Morgan fingerprint density at radius 3 is 2.65 bits per heavy atom. The maximum atomic E-state index is 13.5. The zero-order valence-electron chi connectivity index (χ0n) is 20.4. The van der Waals surface area contributed by atoms with Crippen LogP contribution < -0.4 is 15.4 Å². The molecule has 0 radical (unpaired) electrons. The molecular weight excluding hydrogens is 471 g/mol. The number of rotatable bonds is 7. The van der Waals surface area contributed by atoms with E-state index >= 15 is 0 Å². The number of hydrogen-bond donors (Lipinski definition) is 2. The number of carbonyl (C=O) groups excluding carboxylic acids is 1. The van der Waals surface area contributed by atoms with Gasteiger partial charge in [0.2, 0.25) is 5.95 Å². The minimum atomic E-state index is -0.322. The number of ether oxygens (including phenoxy) is 1. The molecule has 3 heterocycles. The summed E-state index contributed by atoms with van der Waals surface area (Å²) in [5.74, 6) is 1.29.